The van der Waals surface area contributed by atoms with Crippen LogP contribution in [0.2, 0.25) is 0 Å². The number of nitrogens with one attached hydrogen (secondary N) is 1. The number of phenolic OH excluding ortho intramolecular Hbond substituents is 1. The predicted octanol–water partition coefficient (Wildman–Crippen LogP) is 4.67. The van der Waals surface area contributed by atoms with Crippen LogP contribution in [0.4, 0.5) is 0 Å². The summed E-state index contributed by atoms with van der Waals surface area (Å²) in [4.78, 5) is 8.33. The van der Waals surface area contributed by atoms with Crippen molar-refractivity contribution in [2.45, 2.75) is 37.1 Å². The van der Waals surface area contributed by atoms with E-state index in [4.69, 9.17) is 4.74 Å². The number of aryl methyl sites for hydroxylation is 1. The molecule has 2 aliphatic rings. The Morgan fingerprint density at radius 2 is 1.97 bits per heavy atom. The van der Waals surface area contributed by atoms with E-state index in [0.717, 1.165) is 29.2 Å². The zero-order valence-electron chi connectivity index (χ0n) is 19.8. The SMILES string of the molecule is CCc1cccc(OC)c1O.O=[S-](=CN=C1[B]C=C(c2ccc(C3CC3)cc2)N1)c1ccccn1. The lowest BCUT2D eigenvalue weighted by Crippen LogP contribution is -2.19. The van der Waals surface area contributed by atoms with Gasteiger partial charge in [-0.15, -0.1) is 0 Å². The summed E-state index contributed by atoms with van der Waals surface area (Å²) < 4.78 is 17.0. The zero-order chi connectivity index (χ0) is 24.6. The van der Waals surface area contributed by atoms with Crippen molar-refractivity contribution in [2.75, 3.05) is 7.11 Å². The summed E-state index contributed by atoms with van der Waals surface area (Å²) in [5.74, 6) is 3.56. The second kappa shape index (κ2) is 11.8. The topological polar surface area (TPSA) is 83.8 Å². The number of methoxy groups -OCH3 is 1. The third kappa shape index (κ3) is 6.54. The number of rotatable bonds is 6. The number of benzene rings is 2. The molecule has 0 bridgehead atoms. The standard InChI is InChI=1S/C18H16BN3OS.C9H12O2/c23-24(17-3-1-2-10-20-17)12-21-18-19-11-16(22-18)15-8-6-14(7-9-15)13-4-5-13;1-3-7-5-4-6-8(11-2)9(7)10/h1-3,6-13H,4-5H2,(H,21,22);4-6,10H,3H2,1-2H3/q-1;. The summed E-state index contributed by atoms with van der Waals surface area (Å²) in [5.41, 5.74) is 6.58. The van der Waals surface area contributed by atoms with Crippen LogP contribution >= 0.6 is 0 Å². The molecule has 6 nitrogen and oxygen atoms in total. The average molecular weight is 485 g/mol. The lowest BCUT2D eigenvalue weighted by Gasteiger charge is -2.07. The van der Waals surface area contributed by atoms with Gasteiger partial charge in [-0.25, -0.2) is 10.4 Å². The minimum Gasteiger partial charge on any atom is -0.504 e. The fraction of sp³-hybridized carbons (Fsp3) is 0.222. The summed E-state index contributed by atoms with van der Waals surface area (Å²) in [6.45, 7) is 1.99. The van der Waals surface area contributed by atoms with Gasteiger partial charge in [0.15, 0.2) is 11.5 Å². The Kier molecular flexibility index (Phi) is 8.26. The van der Waals surface area contributed by atoms with Crippen molar-refractivity contribution in [1.82, 2.24) is 10.3 Å². The molecule has 1 fully saturated rings. The molecule has 2 N–H and O–H groups in total. The maximum Gasteiger partial charge on any atom is 0.233 e. The second-order valence-corrected chi connectivity index (χ2v) is 9.40. The zero-order valence-corrected chi connectivity index (χ0v) is 20.7. The molecule has 35 heavy (non-hydrogen) atoms. The molecule has 2 heterocycles. The first-order valence-electron chi connectivity index (χ1n) is 11.6. The van der Waals surface area contributed by atoms with E-state index in [1.807, 2.05) is 38.4 Å². The molecule has 2 aromatic carbocycles. The highest BCUT2D eigenvalue weighted by Gasteiger charge is 2.23. The van der Waals surface area contributed by atoms with Crippen LogP contribution in [0.1, 0.15) is 42.4 Å². The van der Waals surface area contributed by atoms with Crippen LogP contribution in [0.3, 0.4) is 0 Å². The highest BCUT2D eigenvalue weighted by molar-refractivity contribution is 7.83. The van der Waals surface area contributed by atoms with Gasteiger partial charge in [0.1, 0.15) is 0 Å². The number of amidine groups is 1. The lowest BCUT2D eigenvalue weighted by molar-refractivity contribution is 0.371. The molecule has 1 radical (unpaired) electrons. The predicted molar refractivity (Wildman–Crippen MR) is 143 cm³/mol. The van der Waals surface area contributed by atoms with Crippen molar-refractivity contribution >= 4 is 34.6 Å². The Morgan fingerprint density at radius 3 is 2.63 bits per heavy atom. The Hall–Kier alpha value is -3.52. The van der Waals surface area contributed by atoms with Crippen LogP contribution < -0.4 is 10.1 Å². The molecule has 179 valence electrons. The largest absolute Gasteiger partial charge is 0.504 e. The lowest BCUT2D eigenvalue weighted by atomic mass is 9.79. The Bertz CT molecular complexity index is 1270. The van der Waals surface area contributed by atoms with Crippen molar-refractivity contribution in [3.63, 3.8) is 0 Å². The fourth-order valence-electron chi connectivity index (χ4n) is 3.62. The van der Waals surface area contributed by atoms with Crippen molar-refractivity contribution in [3.05, 3.63) is 89.5 Å². The monoisotopic (exact) mass is 485 g/mol. The van der Waals surface area contributed by atoms with Crippen LogP contribution in [-0.2, 0) is 21.0 Å². The number of aliphatic imine (C=N–C) groups is 1. The van der Waals surface area contributed by atoms with Gasteiger partial charge in [-0.1, -0.05) is 66.9 Å². The third-order valence-corrected chi connectivity index (χ3v) is 6.71. The highest BCUT2D eigenvalue weighted by Crippen LogP contribution is 2.40. The number of pyridine rings is 1. The quantitative estimate of drug-likeness (QED) is 0.301. The molecule has 8 heteroatoms. The maximum absolute atomic E-state index is 12.1. The molecule has 0 unspecified atom stereocenters. The summed E-state index contributed by atoms with van der Waals surface area (Å²) >= 11 is 0. The maximum atomic E-state index is 12.1. The molecular formula is C27H28BN3O3S-. The van der Waals surface area contributed by atoms with E-state index in [1.165, 1.54) is 23.9 Å². The molecule has 1 aliphatic carbocycles. The summed E-state index contributed by atoms with van der Waals surface area (Å²) in [5, 5.41) is 13.2. The van der Waals surface area contributed by atoms with Gasteiger partial charge in [0.25, 0.3) is 0 Å². The average Bonchev–Trinajstić information content (AvgIpc) is 3.66. The number of aromatic hydroxyl groups is 1. The van der Waals surface area contributed by atoms with Gasteiger partial charge in [0.05, 0.1) is 12.8 Å². The van der Waals surface area contributed by atoms with E-state index >= 15 is 0 Å². The van der Waals surface area contributed by atoms with Crippen LogP contribution in [0.15, 0.2) is 82.9 Å². The van der Waals surface area contributed by atoms with Crippen LogP contribution in [0, 0.1) is 0 Å². The number of ether oxygens (including phenoxy) is 1. The highest BCUT2D eigenvalue weighted by atomic mass is 32.2. The van der Waals surface area contributed by atoms with Gasteiger partial charge >= 0.3 is 0 Å². The number of para-hydroxylation sites is 1. The van der Waals surface area contributed by atoms with Crippen molar-refractivity contribution in [2.24, 2.45) is 4.99 Å². The fourth-order valence-corrected chi connectivity index (χ4v) is 4.32. The summed E-state index contributed by atoms with van der Waals surface area (Å²) in [7, 11) is 2.09. The molecule has 5 rings (SSSR count). The molecule has 0 spiro atoms. The minimum absolute atomic E-state index is 0.262. The Balaban J connectivity index is 0.000000221. The first-order valence-corrected chi connectivity index (χ1v) is 12.8. The smallest absolute Gasteiger partial charge is 0.233 e. The third-order valence-electron chi connectivity index (χ3n) is 5.76. The number of hydrogen-bond donors (Lipinski definition) is 2. The van der Waals surface area contributed by atoms with Crippen LogP contribution in [-0.4, -0.2) is 35.7 Å². The minimum atomic E-state index is -1.34. The van der Waals surface area contributed by atoms with Gasteiger partial charge in [-0.05, 0) is 59.0 Å². The van der Waals surface area contributed by atoms with Crippen molar-refractivity contribution in [3.8, 4) is 11.5 Å². The van der Waals surface area contributed by atoms with Crippen LogP contribution in [0.5, 0.6) is 11.5 Å². The molecule has 1 saturated carbocycles. The summed E-state index contributed by atoms with van der Waals surface area (Å²) in [6, 6.07) is 19.5. The van der Waals surface area contributed by atoms with E-state index in [1.54, 1.807) is 31.5 Å². The molecule has 3 aromatic rings. The molecule has 1 aliphatic heterocycles. The molecule has 0 saturated heterocycles. The van der Waals surface area contributed by atoms with Crippen molar-refractivity contribution < 1.29 is 14.1 Å². The number of hydrogen-bond acceptors (Lipinski definition) is 5. The Labute approximate surface area is 209 Å². The molecule has 1 aromatic heterocycles. The molecule has 0 amide bonds. The molecule has 0 atom stereocenters. The first-order chi connectivity index (χ1) is 17.1. The normalized spacial score (nSPS) is 16.5. The van der Waals surface area contributed by atoms with Gasteiger partial charge < -0.3 is 19.4 Å². The van der Waals surface area contributed by atoms with E-state index in [-0.39, 0.29) is 5.75 Å². The Morgan fingerprint density at radius 1 is 1.17 bits per heavy atom. The van der Waals surface area contributed by atoms with Gasteiger partial charge in [0, 0.05) is 11.9 Å². The number of aromatic nitrogens is 1. The van der Waals surface area contributed by atoms with Gasteiger partial charge in [0.2, 0.25) is 7.28 Å². The van der Waals surface area contributed by atoms with Gasteiger partial charge in [-0.2, -0.15) is 0 Å². The van der Waals surface area contributed by atoms with E-state index < -0.39 is 10.4 Å². The van der Waals surface area contributed by atoms with Crippen LogP contribution in [0.25, 0.3) is 5.70 Å². The second-order valence-electron chi connectivity index (χ2n) is 8.17. The first kappa shape index (κ1) is 24.6. The van der Waals surface area contributed by atoms with Gasteiger partial charge in [-0.3, -0.25) is 9.98 Å². The van der Waals surface area contributed by atoms with E-state index in [9.17, 15) is 9.32 Å². The van der Waals surface area contributed by atoms with E-state index in [2.05, 4.69) is 39.6 Å². The number of phenols is 1. The molecular weight excluding hydrogens is 457 g/mol. The summed E-state index contributed by atoms with van der Waals surface area (Å²) in [6.07, 6.45) is 5.07. The number of nitrogens with zero attached hydrogens (tertiary/aromatic N) is 2. The van der Waals surface area contributed by atoms with Crippen molar-refractivity contribution in [1.29, 1.82) is 0 Å². The van der Waals surface area contributed by atoms with E-state index in [0.29, 0.717) is 16.5 Å².